The third-order valence-electron chi connectivity index (χ3n) is 2.68. The predicted molar refractivity (Wildman–Crippen MR) is 67.1 cm³/mol. The molecule has 1 aliphatic heterocycles. The second-order valence-corrected chi connectivity index (χ2v) is 3.87. The molecule has 4 N–H and O–H groups in total. The molecule has 1 atom stereocenters. The van der Waals surface area contributed by atoms with Crippen molar-refractivity contribution in [3.05, 3.63) is 53.7 Å². The summed E-state index contributed by atoms with van der Waals surface area (Å²) in [5, 5.41) is 10.5. The van der Waals surface area contributed by atoms with Crippen LogP contribution in [-0.4, -0.2) is 11.9 Å². The Labute approximate surface area is 95.2 Å². The number of benzene rings is 1. The van der Waals surface area contributed by atoms with E-state index in [-0.39, 0.29) is 11.9 Å². The molecule has 2 rings (SSSR count). The fourth-order valence-electron chi connectivity index (χ4n) is 1.78. The van der Waals surface area contributed by atoms with Gasteiger partial charge in [-0.1, -0.05) is 24.3 Å². The van der Waals surface area contributed by atoms with E-state index in [2.05, 4.69) is 24.4 Å². The Balaban J connectivity index is 2.38. The van der Waals surface area contributed by atoms with Gasteiger partial charge in [-0.05, 0) is 42.0 Å². The minimum Gasteiger partial charge on any atom is -0.386 e. The van der Waals surface area contributed by atoms with E-state index < -0.39 is 0 Å². The molecule has 3 nitrogen and oxygen atoms in total. The molecular formula is C13H15N3. The van der Waals surface area contributed by atoms with Crippen LogP contribution in [0, 0.1) is 12.3 Å². The van der Waals surface area contributed by atoms with Gasteiger partial charge < -0.3 is 11.1 Å². The summed E-state index contributed by atoms with van der Waals surface area (Å²) < 4.78 is 0. The second kappa shape index (κ2) is 4.23. The summed E-state index contributed by atoms with van der Waals surface area (Å²) in [6.07, 6.45) is 5.82. The van der Waals surface area contributed by atoms with E-state index in [0.717, 1.165) is 5.57 Å². The van der Waals surface area contributed by atoms with Gasteiger partial charge in [0.1, 0.15) is 11.9 Å². The zero-order valence-electron chi connectivity index (χ0n) is 9.20. The fraction of sp³-hybridized carbons (Fsp3) is 0.154. The quantitative estimate of drug-likeness (QED) is 0.518. The van der Waals surface area contributed by atoms with Crippen molar-refractivity contribution in [1.82, 2.24) is 5.32 Å². The van der Waals surface area contributed by atoms with Gasteiger partial charge in [-0.2, -0.15) is 0 Å². The molecular weight excluding hydrogens is 198 g/mol. The smallest absolute Gasteiger partial charge is 0.118 e. The summed E-state index contributed by atoms with van der Waals surface area (Å²) in [6.45, 7) is 2.08. The van der Waals surface area contributed by atoms with E-state index >= 15 is 0 Å². The summed E-state index contributed by atoms with van der Waals surface area (Å²) >= 11 is 0. The van der Waals surface area contributed by atoms with E-state index in [9.17, 15) is 0 Å². The molecule has 1 aromatic carbocycles. The predicted octanol–water partition coefficient (Wildman–Crippen LogP) is 1.80. The highest BCUT2D eigenvalue weighted by Crippen LogP contribution is 2.22. The van der Waals surface area contributed by atoms with Crippen molar-refractivity contribution < 1.29 is 0 Å². The summed E-state index contributed by atoms with van der Waals surface area (Å²) in [4.78, 5) is 0. The zero-order chi connectivity index (χ0) is 11.5. The number of amidine groups is 1. The molecule has 1 unspecified atom stereocenters. The normalized spacial score (nSPS) is 18.8. The van der Waals surface area contributed by atoms with Gasteiger partial charge in [0, 0.05) is 0 Å². The number of allylic oxidation sites excluding steroid dienone is 2. The number of dihydropyridines is 1. The highest BCUT2D eigenvalue weighted by molar-refractivity contribution is 5.89. The topological polar surface area (TPSA) is 61.9 Å². The Hall–Kier alpha value is -2.03. The number of rotatable bonds is 2. The van der Waals surface area contributed by atoms with Crippen LogP contribution >= 0.6 is 0 Å². The van der Waals surface area contributed by atoms with Crippen LogP contribution in [0.15, 0.2) is 42.6 Å². The Morgan fingerprint density at radius 1 is 1.38 bits per heavy atom. The summed E-state index contributed by atoms with van der Waals surface area (Å²) in [6, 6.07) is 8.00. The number of nitrogens with one attached hydrogen (secondary N) is 2. The van der Waals surface area contributed by atoms with Crippen molar-refractivity contribution in [2.45, 2.75) is 13.0 Å². The molecule has 1 heterocycles. The third kappa shape index (κ3) is 1.98. The van der Waals surface area contributed by atoms with Gasteiger partial charge in [0.2, 0.25) is 0 Å². The number of hydrogen-bond donors (Lipinski definition) is 3. The molecule has 1 aromatic rings. The molecule has 0 saturated carbocycles. The summed E-state index contributed by atoms with van der Waals surface area (Å²) in [5.74, 6) is 0.135. The van der Waals surface area contributed by atoms with Gasteiger partial charge in [-0.25, -0.2) is 0 Å². The largest absolute Gasteiger partial charge is 0.386 e. The van der Waals surface area contributed by atoms with Crippen LogP contribution in [0.4, 0.5) is 0 Å². The molecule has 0 aliphatic carbocycles. The highest BCUT2D eigenvalue weighted by atomic mass is 14.9. The maximum atomic E-state index is 7.43. The average molecular weight is 213 g/mol. The Morgan fingerprint density at radius 2 is 2.12 bits per heavy atom. The van der Waals surface area contributed by atoms with Crippen molar-refractivity contribution in [2.24, 2.45) is 5.73 Å². The van der Waals surface area contributed by atoms with Gasteiger partial charge in [0.15, 0.2) is 0 Å². The lowest BCUT2D eigenvalue weighted by molar-refractivity contribution is 0.854. The molecule has 1 aliphatic rings. The minimum absolute atomic E-state index is 0.135. The third-order valence-corrected chi connectivity index (χ3v) is 2.68. The SMILES string of the molecule is Cc1ccccc1C1=CC(C(=N)N)NC=C1. The van der Waals surface area contributed by atoms with Crippen molar-refractivity contribution in [3.63, 3.8) is 0 Å². The summed E-state index contributed by atoms with van der Waals surface area (Å²) in [5.41, 5.74) is 9.01. The first-order chi connectivity index (χ1) is 7.68. The van der Waals surface area contributed by atoms with Crippen LogP contribution < -0.4 is 11.1 Å². The molecule has 3 heteroatoms. The van der Waals surface area contributed by atoms with Crippen molar-refractivity contribution in [2.75, 3.05) is 0 Å². The molecule has 16 heavy (non-hydrogen) atoms. The van der Waals surface area contributed by atoms with Crippen LogP contribution in [0.2, 0.25) is 0 Å². The monoisotopic (exact) mass is 213 g/mol. The first-order valence-electron chi connectivity index (χ1n) is 5.23. The number of nitrogens with two attached hydrogens (primary N) is 1. The van der Waals surface area contributed by atoms with Crippen LogP contribution in [0.25, 0.3) is 5.57 Å². The molecule has 82 valence electrons. The van der Waals surface area contributed by atoms with E-state index in [0.29, 0.717) is 0 Å². The first kappa shape index (κ1) is 10.5. The number of hydrogen-bond acceptors (Lipinski definition) is 2. The molecule has 0 fully saturated rings. The number of aryl methyl sites for hydroxylation is 1. The van der Waals surface area contributed by atoms with Crippen molar-refractivity contribution in [1.29, 1.82) is 5.41 Å². The maximum Gasteiger partial charge on any atom is 0.118 e. The van der Waals surface area contributed by atoms with Crippen molar-refractivity contribution in [3.8, 4) is 0 Å². The van der Waals surface area contributed by atoms with Gasteiger partial charge in [0.05, 0.1) is 0 Å². The van der Waals surface area contributed by atoms with E-state index in [4.69, 9.17) is 11.1 Å². The van der Waals surface area contributed by atoms with Crippen LogP contribution in [0.5, 0.6) is 0 Å². The maximum absolute atomic E-state index is 7.43. The second-order valence-electron chi connectivity index (χ2n) is 3.87. The van der Waals surface area contributed by atoms with Gasteiger partial charge in [-0.3, -0.25) is 5.41 Å². The van der Waals surface area contributed by atoms with Crippen LogP contribution in [0.3, 0.4) is 0 Å². The molecule has 0 bridgehead atoms. The lowest BCUT2D eigenvalue weighted by Crippen LogP contribution is -2.37. The van der Waals surface area contributed by atoms with Crippen LogP contribution in [0.1, 0.15) is 11.1 Å². The van der Waals surface area contributed by atoms with Gasteiger partial charge >= 0.3 is 0 Å². The molecule has 0 radical (unpaired) electrons. The lowest BCUT2D eigenvalue weighted by Gasteiger charge is -2.18. The van der Waals surface area contributed by atoms with Gasteiger partial charge in [-0.15, -0.1) is 0 Å². The Morgan fingerprint density at radius 3 is 2.81 bits per heavy atom. The average Bonchev–Trinajstić information content (AvgIpc) is 2.30. The Kier molecular flexibility index (Phi) is 2.77. The Bertz CT molecular complexity index is 472. The fourth-order valence-corrected chi connectivity index (χ4v) is 1.78. The van der Waals surface area contributed by atoms with E-state index in [1.807, 2.05) is 30.5 Å². The standard InChI is InChI=1S/C13H15N3/c1-9-4-2-3-5-11(9)10-6-7-16-12(8-10)13(14)15/h2-8,12,16H,1H3,(H3,14,15). The highest BCUT2D eigenvalue weighted by Gasteiger charge is 2.12. The minimum atomic E-state index is -0.195. The van der Waals surface area contributed by atoms with Crippen molar-refractivity contribution >= 4 is 11.4 Å². The zero-order valence-corrected chi connectivity index (χ0v) is 9.20. The van der Waals surface area contributed by atoms with E-state index in [1.165, 1.54) is 11.1 Å². The summed E-state index contributed by atoms with van der Waals surface area (Å²) in [7, 11) is 0. The molecule has 0 aromatic heterocycles. The van der Waals surface area contributed by atoms with E-state index in [1.54, 1.807) is 0 Å². The van der Waals surface area contributed by atoms with Gasteiger partial charge in [0.25, 0.3) is 0 Å². The molecule has 0 amide bonds. The van der Waals surface area contributed by atoms with Crippen LogP contribution in [-0.2, 0) is 0 Å². The molecule has 0 spiro atoms. The lowest BCUT2D eigenvalue weighted by atomic mass is 9.97. The molecule has 0 saturated heterocycles. The first-order valence-corrected chi connectivity index (χ1v) is 5.23.